The second kappa shape index (κ2) is 23.9. The number of allylic oxidation sites excluding steroid dienone is 1. The molecule has 0 spiro atoms. The summed E-state index contributed by atoms with van der Waals surface area (Å²) >= 11 is 5.67. The van der Waals surface area contributed by atoms with E-state index >= 15 is 0 Å². The van der Waals surface area contributed by atoms with Crippen LogP contribution in [0, 0.1) is 0 Å². The van der Waals surface area contributed by atoms with Gasteiger partial charge in [-0.1, -0.05) is 83.3 Å². The van der Waals surface area contributed by atoms with Crippen LogP contribution >= 0.6 is 11.6 Å². The predicted octanol–water partition coefficient (Wildman–Crippen LogP) is 7.64. The summed E-state index contributed by atoms with van der Waals surface area (Å²) in [7, 11) is 0. The quantitative estimate of drug-likeness (QED) is 0.0888. The highest BCUT2D eigenvalue weighted by Gasteiger charge is 1.92. The van der Waals surface area contributed by atoms with Gasteiger partial charge < -0.3 is 9.47 Å². The largest absolute Gasteiger partial charge is 0.355 e. The van der Waals surface area contributed by atoms with Crippen molar-refractivity contribution in [2.24, 2.45) is 0 Å². The second-order valence-electron chi connectivity index (χ2n) is 6.91. The molecule has 0 amide bonds. The van der Waals surface area contributed by atoms with Gasteiger partial charge in [-0.3, -0.25) is 0 Å². The Bertz CT molecular complexity index is 256. The fourth-order valence-electron chi connectivity index (χ4n) is 2.79. The Morgan fingerprint density at radius 1 is 0.600 bits per heavy atom. The molecule has 0 atom stereocenters. The molecule has 0 aromatic heterocycles. The maximum atomic E-state index is 5.67. The Kier molecular flexibility index (Phi) is 23.9. The van der Waals surface area contributed by atoms with Gasteiger partial charge in [0.2, 0.25) is 0 Å². The van der Waals surface area contributed by atoms with Crippen molar-refractivity contribution < 1.29 is 9.47 Å². The number of rotatable bonds is 21. The maximum Gasteiger partial charge on any atom is 0.146 e. The molecule has 0 rings (SSSR count). The van der Waals surface area contributed by atoms with Crippen LogP contribution in [0.4, 0.5) is 0 Å². The monoisotopic (exact) mass is 374 g/mol. The van der Waals surface area contributed by atoms with Gasteiger partial charge in [-0.25, -0.2) is 0 Å². The van der Waals surface area contributed by atoms with Crippen LogP contribution in [-0.4, -0.2) is 25.9 Å². The highest BCUT2D eigenvalue weighted by Crippen LogP contribution is 2.10. The predicted molar refractivity (Wildman–Crippen MR) is 112 cm³/mol. The van der Waals surface area contributed by atoms with E-state index in [-0.39, 0.29) is 0 Å². The van der Waals surface area contributed by atoms with Crippen LogP contribution in [-0.2, 0) is 9.47 Å². The number of ether oxygens (including phenoxy) is 2. The lowest BCUT2D eigenvalue weighted by atomic mass is 10.1. The molecule has 3 heteroatoms. The Hall–Kier alpha value is -0.0500. The molecule has 0 radical (unpaired) electrons. The molecule has 2 nitrogen and oxygen atoms in total. The summed E-state index contributed by atoms with van der Waals surface area (Å²) in [5, 5.41) is 0. The molecule has 0 heterocycles. The fourth-order valence-corrected chi connectivity index (χ4v) is 2.98. The first kappa shape index (κ1) is 24.9. The molecule has 0 N–H and O–H groups in total. The van der Waals surface area contributed by atoms with Gasteiger partial charge in [-0.2, -0.15) is 0 Å². The molecule has 0 aliphatic heterocycles. The zero-order valence-corrected chi connectivity index (χ0v) is 17.5. The Balaban J connectivity index is 3.04. The van der Waals surface area contributed by atoms with E-state index < -0.39 is 0 Å². The Labute approximate surface area is 162 Å². The van der Waals surface area contributed by atoms with Crippen molar-refractivity contribution in [1.29, 1.82) is 0 Å². The SMILES string of the molecule is CCCCCCCOCOCCC=CCCCCCCCCCCCl. The molecule has 0 saturated carbocycles. The highest BCUT2D eigenvalue weighted by atomic mass is 35.5. The van der Waals surface area contributed by atoms with Gasteiger partial charge in [-0.15, -0.1) is 11.6 Å². The fraction of sp³-hybridized carbons (Fsp3) is 0.909. The number of unbranched alkanes of at least 4 members (excludes halogenated alkanes) is 12. The molecule has 0 aromatic rings. The van der Waals surface area contributed by atoms with Gasteiger partial charge >= 0.3 is 0 Å². The lowest BCUT2D eigenvalue weighted by Crippen LogP contribution is -2.02. The van der Waals surface area contributed by atoms with Crippen molar-refractivity contribution in [2.75, 3.05) is 25.9 Å². The lowest BCUT2D eigenvalue weighted by Gasteiger charge is -2.04. The van der Waals surface area contributed by atoms with Crippen LogP contribution in [0.2, 0.25) is 0 Å². The zero-order chi connectivity index (χ0) is 18.3. The van der Waals surface area contributed by atoms with Crippen molar-refractivity contribution >= 4 is 11.6 Å². The van der Waals surface area contributed by atoms with Crippen LogP contribution < -0.4 is 0 Å². The van der Waals surface area contributed by atoms with Crippen molar-refractivity contribution in [3.05, 3.63) is 12.2 Å². The normalized spacial score (nSPS) is 11.6. The topological polar surface area (TPSA) is 18.5 Å². The molecule has 0 aliphatic rings. The lowest BCUT2D eigenvalue weighted by molar-refractivity contribution is -0.0531. The number of hydrogen-bond acceptors (Lipinski definition) is 2. The molecule has 0 unspecified atom stereocenters. The summed E-state index contributed by atoms with van der Waals surface area (Å²) in [4.78, 5) is 0. The van der Waals surface area contributed by atoms with Crippen molar-refractivity contribution in [2.45, 2.75) is 103 Å². The van der Waals surface area contributed by atoms with E-state index in [2.05, 4.69) is 19.1 Å². The average Bonchev–Trinajstić information content (AvgIpc) is 2.63. The molecule has 0 saturated heterocycles. The minimum atomic E-state index is 0.451. The minimum Gasteiger partial charge on any atom is -0.355 e. The third kappa shape index (κ3) is 24.0. The number of halogens is 1. The summed E-state index contributed by atoms with van der Waals surface area (Å²) < 4.78 is 11.0. The van der Waals surface area contributed by atoms with E-state index in [0.717, 1.165) is 31.9 Å². The van der Waals surface area contributed by atoms with Gasteiger partial charge in [0.15, 0.2) is 0 Å². The zero-order valence-electron chi connectivity index (χ0n) is 16.8. The minimum absolute atomic E-state index is 0.451. The summed E-state index contributed by atoms with van der Waals surface area (Å²) in [6, 6.07) is 0. The molecule has 0 fully saturated rings. The van der Waals surface area contributed by atoms with Gasteiger partial charge in [0.1, 0.15) is 6.79 Å². The standard InChI is InChI=1S/C22H43ClO2/c1-2-3-4-14-17-20-24-22-25-21-18-15-12-10-8-6-5-7-9-11-13-16-19-23/h12,15H,2-11,13-14,16-22H2,1H3. The van der Waals surface area contributed by atoms with Crippen LogP contribution in [0.25, 0.3) is 0 Å². The average molecular weight is 375 g/mol. The van der Waals surface area contributed by atoms with Crippen LogP contribution in [0.3, 0.4) is 0 Å². The van der Waals surface area contributed by atoms with E-state index in [9.17, 15) is 0 Å². The third-order valence-electron chi connectivity index (χ3n) is 4.41. The Morgan fingerprint density at radius 3 is 1.88 bits per heavy atom. The summed E-state index contributed by atoms with van der Waals surface area (Å²) in [6.07, 6.45) is 23.9. The van der Waals surface area contributed by atoms with Crippen molar-refractivity contribution in [3.8, 4) is 0 Å². The second-order valence-corrected chi connectivity index (χ2v) is 7.29. The molecule has 0 bridgehead atoms. The van der Waals surface area contributed by atoms with Crippen molar-refractivity contribution in [1.82, 2.24) is 0 Å². The molecule has 0 aliphatic carbocycles. The first-order valence-corrected chi connectivity index (χ1v) is 11.3. The number of alkyl halides is 1. The highest BCUT2D eigenvalue weighted by molar-refractivity contribution is 6.17. The summed E-state index contributed by atoms with van der Waals surface area (Å²) in [5.41, 5.74) is 0. The molecule has 150 valence electrons. The van der Waals surface area contributed by atoms with Gasteiger partial charge in [0.25, 0.3) is 0 Å². The maximum absolute atomic E-state index is 5.67. The molecular weight excluding hydrogens is 332 g/mol. The van der Waals surface area contributed by atoms with Crippen LogP contribution in [0.5, 0.6) is 0 Å². The van der Waals surface area contributed by atoms with E-state index in [1.807, 2.05) is 0 Å². The first-order chi connectivity index (χ1) is 12.4. The smallest absolute Gasteiger partial charge is 0.146 e. The molecule has 0 aromatic carbocycles. The Morgan fingerprint density at radius 2 is 1.16 bits per heavy atom. The third-order valence-corrected chi connectivity index (χ3v) is 4.68. The summed E-state index contributed by atoms with van der Waals surface area (Å²) in [6.45, 7) is 4.30. The van der Waals surface area contributed by atoms with Crippen LogP contribution in [0.1, 0.15) is 103 Å². The van der Waals surface area contributed by atoms with Gasteiger partial charge in [0, 0.05) is 12.5 Å². The summed E-state index contributed by atoms with van der Waals surface area (Å²) in [5.74, 6) is 0.823. The molecule has 25 heavy (non-hydrogen) atoms. The van der Waals surface area contributed by atoms with Crippen molar-refractivity contribution in [3.63, 3.8) is 0 Å². The van der Waals surface area contributed by atoms with E-state index in [0.29, 0.717) is 6.79 Å². The van der Waals surface area contributed by atoms with E-state index in [1.165, 1.54) is 83.5 Å². The van der Waals surface area contributed by atoms with E-state index in [1.54, 1.807) is 0 Å². The van der Waals surface area contributed by atoms with Crippen LogP contribution in [0.15, 0.2) is 12.2 Å². The van der Waals surface area contributed by atoms with E-state index in [4.69, 9.17) is 21.1 Å². The van der Waals surface area contributed by atoms with Gasteiger partial charge in [-0.05, 0) is 32.1 Å². The number of hydrogen-bond donors (Lipinski definition) is 0. The molecular formula is C22H43ClO2. The first-order valence-electron chi connectivity index (χ1n) is 10.8. The van der Waals surface area contributed by atoms with Gasteiger partial charge in [0.05, 0.1) is 6.61 Å².